The molecular formula is C26H33N3O3. The number of hydrogen-bond acceptors (Lipinski definition) is 4. The standard InChI is InChI=1S/C26H33N3O3/c30-25(28-14-8-1-2-9-15-28)21-32-24-13-7-6-12-23(24)26(31)29-18-16-27(17-19-29)20-22-10-4-3-5-11-22/h3-7,10-13H,1-2,8-9,14-21H2. The summed E-state index contributed by atoms with van der Waals surface area (Å²) >= 11 is 0. The van der Waals surface area contributed by atoms with E-state index in [-0.39, 0.29) is 18.4 Å². The third-order valence-electron chi connectivity index (χ3n) is 6.34. The van der Waals surface area contributed by atoms with Crippen LogP contribution in [-0.4, -0.2) is 72.4 Å². The quantitative estimate of drug-likeness (QED) is 0.698. The molecule has 0 atom stereocenters. The van der Waals surface area contributed by atoms with E-state index in [0.29, 0.717) is 24.4 Å². The molecule has 0 saturated carbocycles. The van der Waals surface area contributed by atoms with Gasteiger partial charge in [0, 0.05) is 45.8 Å². The molecule has 0 unspecified atom stereocenters. The predicted molar refractivity (Wildman–Crippen MR) is 125 cm³/mol. The van der Waals surface area contributed by atoms with Crippen molar-refractivity contribution in [2.75, 3.05) is 45.9 Å². The monoisotopic (exact) mass is 435 g/mol. The average Bonchev–Trinajstić information content (AvgIpc) is 3.13. The van der Waals surface area contributed by atoms with Crippen LogP contribution in [0.2, 0.25) is 0 Å². The van der Waals surface area contributed by atoms with Gasteiger partial charge in [0.25, 0.3) is 11.8 Å². The van der Waals surface area contributed by atoms with E-state index >= 15 is 0 Å². The first kappa shape index (κ1) is 22.3. The third-order valence-corrected chi connectivity index (χ3v) is 6.34. The largest absolute Gasteiger partial charge is 0.483 e. The van der Waals surface area contributed by atoms with Crippen LogP contribution in [0.15, 0.2) is 54.6 Å². The Balaban J connectivity index is 1.32. The zero-order chi connectivity index (χ0) is 22.2. The number of ether oxygens (including phenoxy) is 1. The van der Waals surface area contributed by atoms with E-state index in [1.165, 1.54) is 18.4 Å². The van der Waals surface area contributed by atoms with Crippen LogP contribution < -0.4 is 4.74 Å². The summed E-state index contributed by atoms with van der Waals surface area (Å²) in [6, 6.07) is 17.7. The Hall–Kier alpha value is -2.86. The molecule has 0 radical (unpaired) electrons. The average molecular weight is 436 g/mol. The normalized spacial score (nSPS) is 17.6. The van der Waals surface area contributed by atoms with E-state index in [1.807, 2.05) is 28.0 Å². The molecule has 2 fully saturated rings. The lowest BCUT2D eigenvalue weighted by atomic mass is 10.1. The lowest BCUT2D eigenvalue weighted by Crippen LogP contribution is -2.48. The predicted octanol–water partition coefficient (Wildman–Crippen LogP) is 3.43. The summed E-state index contributed by atoms with van der Waals surface area (Å²) < 4.78 is 5.86. The maximum Gasteiger partial charge on any atom is 0.260 e. The molecule has 6 heteroatoms. The number of nitrogens with zero attached hydrogens (tertiary/aromatic N) is 3. The van der Waals surface area contributed by atoms with Crippen molar-refractivity contribution in [1.82, 2.24) is 14.7 Å². The van der Waals surface area contributed by atoms with Crippen molar-refractivity contribution < 1.29 is 14.3 Å². The molecule has 2 aromatic carbocycles. The van der Waals surface area contributed by atoms with Crippen LogP contribution in [0.25, 0.3) is 0 Å². The molecule has 6 nitrogen and oxygen atoms in total. The lowest BCUT2D eigenvalue weighted by Gasteiger charge is -2.35. The van der Waals surface area contributed by atoms with E-state index in [0.717, 1.165) is 45.6 Å². The lowest BCUT2D eigenvalue weighted by molar-refractivity contribution is -0.133. The number of carbonyl (C=O) groups is 2. The molecule has 170 valence electrons. The molecule has 4 rings (SSSR count). The summed E-state index contributed by atoms with van der Waals surface area (Å²) in [5.74, 6) is 0.471. The maximum atomic E-state index is 13.2. The zero-order valence-electron chi connectivity index (χ0n) is 18.7. The highest BCUT2D eigenvalue weighted by atomic mass is 16.5. The Labute approximate surface area is 190 Å². The summed E-state index contributed by atoms with van der Waals surface area (Å²) in [5.41, 5.74) is 1.83. The van der Waals surface area contributed by atoms with Gasteiger partial charge in [0.2, 0.25) is 0 Å². The van der Waals surface area contributed by atoms with Gasteiger partial charge in [0.1, 0.15) is 5.75 Å². The Morgan fingerprint density at radius 2 is 1.38 bits per heavy atom. The number of hydrogen-bond donors (Lipinski definition) is 0. The second kappa shape index (κ2) is 11.1. The fourth-order valence-electron chi connectivity index (χ4n) is 4.44. The minimum Gasteiger partial charge on any atom is -0.483 e. The second-order valence-corrected chi connectivity index (χ2v) is 8.63. The molecule has 0 N–H and O–H groups in total. The number of para-hydroxylation sites is 1. The van der Waals surface area contributed by atoms with Gasteiger partial charge in [0.15, 0.2) is 6.61 Å². The minimum atomic E-state index is -0.0258. The number of rotatable bonds is 6. The summed E-state index contributed by atoms with van der Waals surface area (Å²) in [6.07, 6.45) is 4.47. The molecule has 0 bridgehead atoms. The van der Waals surface area contributed by atoms with Gasteiger partial charge in [-0.2, -0.15) is 0 Å². The molecule has 2 amide bonds. The van der Waals surface area contributed by atoms with Crippen LogP contribution in [0.3, 0.4) is 0 Å². The molecule has 2 aromatic rings. The van der Waals surface area contributed by atoms with E-state index in [1.54, 1.807) is 12.1 Å². The van der Waals surface area contributed by atoms with Crippen molar-refractivity contribution in [3.8, 4) is 5.75 Å². The highest BCUT2D eigenvalue weighted by molar-refractivity contribution is 5.97. The van der Waals surface area contributed by atoms with Crippen LogP contribution in [0.1, 0.15) is 41.6 Å². The number of likely N-dealkylation sites (tertiary alicyclic amines) is 1. The van der Waals surface area contributed by atoms with Crippen molar-refractivity contribution in [2.24, 2.45) is 0 Å². The van der Waals surface area contributed by atoms with Crippen LogP contribution in [0.5, 0.6) is 5.75 Å². The Bertz CT molecular complexity index is 886. The van der Waals surface area contributed by atoms with Crippen molar-refractivity contribution in [2.45, 2.75) is 32.2 Å². The summed E-state index contributed by atoms with van der Waals surface area (Å²) in [4.78, 5) is 32.0. The van der Waals surface area contributed by atoms with E-state index in [2.05, 4.69) is 29.2 Å². The van der Waals surface area contributed by atoms with Crippen LogP contribution in [0, 0.1) is 0 Å². The molecule has 0 aromatic heterocycles. The molecule has 2 saturated heterocycles. The Morgan fingerprint density at radius 3 is 2.09 bits per heavy atom. The first-order valence-corrected chi connectivity index (χ1v) is 11.8. The maximum absolute atomic E-state index is 13.2. The second-order valence-electron chi connectivity index (χ2n) is 8.63. The molecule has 2 heterocycles. The first-order valence-electron chi connectivity index (χ1n) is 11.8. The van der Waals surface area contributed by atoms with Crippen molar-refractivity contribution in [3.63, 3.8) is 0 Å². The number of benzene rings is 2. The van der Waals surface area contributed by atoms with Gasteiger partial charge in [-0.3, -0.25) is 14.5 Å². The number of amides is 2. The van der Waals surface area contributed by atoms with Gasteiger partial charge < -0.3 is 14.5 Å². The third kappa shape index (κ3) is 5.88. The zero-order valence-corrected chi connectivity index (χ0v) is 18.7. The van der Waals surface area contributed by atoms with E-state index in [4.69, 9.17) is 4.74 Å². The van der Waals surface area contributed by atoms with Gasteiger partial charge in [-0.15, -0.1) is 0 Å². The summed E-state index contributed by atoms with van der Waals surface area (Å²) in [7, 11) is 0. The van der Waals surface area contributed by atoms with Crippen LogP contribution in [0.4, 0.5) is 0 Å². The first-order chi connectivity index (χ1) is 15.7. The smallest absolute Gasteiger partial charge is 0.260 e. The van der Waals surface area contributed by atoms with Crippen molar-refractivity contribution in [3.05, 3.63) is 65.7 Å². The van der Waals surface area contributed by atoms with Gasteiger partial charge in [0.05, 0.1) is 5.56 Å². The highest BCUT2D eigenvalue weighted by Crippen LogP contribution is 2.21. The van der Waals surface area contributed by atoms with Gasteiger partial charge in [-0.25, -0.2) is 0 Å². The van der Waals surface area contributed by atoms with Gasteiger partial charge in [-0.05, 0) is 30.5 Å². The Kier molecular flexibility index (Phi) is 7.77. The van der Waals surface area contributed by atoms with Gasteiger partial charge >= 0.3 is 0 Å². The molecular weight excluding hydrogens is 402 g/mol. The number of piperazine rings is 1. The van der Waals surface area contributed by atoms with Crippen LogP contribution in [-0.2, 0) is 11.3 Å². The Morgan fingerprint density at radius 1 is 0.719 bits per heavy atom. The highest BCUT2D eigenvalue weighted by Gasteiger charge is 2.25. The van der Waals surface area contributed by atoms with Crippen LogP contribution >= 0.6 is 0 Å². The van der Waals surface area contributed by atoms with Crippen molar-refractivity contribution in [1.29, 1.82) is 0 Å². The fourth-order valence-corrected chi connectivity index (χ4v) is 4.44. The molecule has 0 spiro atoms. The topological polar surface area (TPSA) is 53.1 Å². The summed E-state index contributed by atoms with van der Waals surface area (Å²) in [6.45, 7) is 5.55. The fraction of sp³-hybridized carbons (Fsp3) is 0.462. The molecule has 2 aliphatic heterocycles. The van der Waals surface area contributed by atoms with Crippen molar-refractivity contribution >= 4 is 11.8 Å². The summed E-state index contributed by atoms with van der Waals surface area (Å²) in [5, 5.41) is 0. The molecule has 0 aliphatic carbocycles. The molecule has 2 aliphatic rings. The minimum absolute atomic E-state index is 0.00341. The number of carbonyl (C=O) groups excluding carboxylic acids is 2. The van der Waals surface area contributed by atoms with Gasteiger partial charge in [-0.1, -0.05) is 55.3 Å². The van der Waals surface area contributed by atoms with E-state index < -0.39 is 0 Å². The van der Waals surface area contributed by atoms with E-state index in [9.17, 15) is 9.59 Å². The molecule has 32 heavy (non-hydrogen) atoms. The SMILES string of the molecule is O=C(COc1ccccc1C(=O)N1CCN(Cc2ccccc2)CC1)N1CCCCCC1.